The summed E-state index contributed by atoms with van der Waals surface area (Å²) >= 11 is 2.13. The average molecular weight is 458 g/mol. The molecule has 0 spiro atoms. The van der Waals surface area contributed by atoms with Crippen molar-refractivity contribution in [1.82, 2.24) is 15.2 Å². The second-order valence-electron chi connectivity index (χ2n) is 4.82. The number of hydrogen-bond donors (Lipinski definition) is 2. The van der Waals surface area contributed by atoms with Gasteiger partial charge in [0.25, 0.3) is 0 Å². The van der Waals surface area contributed by atoms with E-state index in [-0.39, 0.29) is 11.5 Å². The molecule has 0 saturated carbocycles. The standard InChI is InChI=1S/C13H15F3IN4OP/c14-9-5-4-7(10(15)11(9)16)8(3-1-2-6-22-23-17)12-19-13(18)21-20-12/h4-5,8,23H,1-3,6H2,(H3,18,19,20,21). The van der Waals surface area contributed by atoms with Crippen molar-refractivity contribution >= 4 is 34.4 Å². The number of rotatable bonds is 8. The third-order valence-electron chi connectivity index (χ3n) is 3.33. The number of hydrogen-bond acceptors (Lipinski definition) is 4. The fourth-order valence-corrected chi connectivity index (χ4v) is 3.14. The monoisotopic (exact) mass is 458 g/mol. The number of nitrogens with one attached hydrogen (secondary N) is 1. The maximum Gasteiger partial charge on any atom is 0.239 e. The minimum atomic E-state index is -1.49. The van der Waals surface area contributed by atoms with Crippen molar-refractivity contribution in [2.75, 3.05) is 12.3 Å². The lowest BCUT2D eigenvalue weighted by molar-refractivity contribution is 0.350. The van der Waals surface area contributed by atoms with E-state index in [9.17, 15) is 13.2 Å². The van der Waals surface area contributed by atoms with Crippen LogP contribution in [0.15, 0.2) is 12.1 Å². The van der Waals surface area contributed by atoms with Gasteiger partial charge in [-0.15, -0.1) is 5.10 Å². The summed E-state index contributed by atoms with van der Waals surface area (Å²) in [6.45, 7) is 0.971. The van der Waals surface area contributed by atoms with E-state index in [2.05, 4.69) is 37.2 Å². The van der Waals surface area contributed by atoms with Crippen LogP contribution in [0.3, 0.4) is 0 Å². The summed E-state index contributed by atoms with van der Waals surface area (Å²) in [6.07, 6.45) is 1.94. The number of benzene rings is 1. The Morgan fingerprint density at radius 1 is 1.26 bits per heavy atom. The molecule has 2 atom stereocenters. The van der Waals surface area contributed by atoms with E-state index >= 15 is 0 Å². The van der Waals surface area contributed by atoms with Crippen molar-refractivity contribution in [3.63, 3.8) is 0 Å². The van der Waals surface area contributed by atoms with Crippen LogP contribution < -0.4 is 5.73 Å². The number of anilines is 1. The van der Waals surface area contributed by atoms with E-state index in [1.54, 1.807) is 0 Å². The fraction of sp³-hybridized carbons (Fsp3) is 0.385. The molecule has 2 aromatic rings. The van der Waals surface area contributed by atoms with Gasteiger partial charge in [0.2, 0.25) is 5.95 Å². The molecule has 0 fully saturated rings. The van der Waals surface area contributed by atoms with Crippen molar-refractivity contribution in [3.8, 4) is 0 Å². The molecule has 0 aliphatic carbocycles. The van der Waals surface area contributed by atoms with Gasteiger partial charge in [-0.25, -0.2) is 13.2 Å². The van der Waals surface area contributed by atoms with Crippen molar-refractivity contribution in [2.24, 2.45) is 0 Å². The highest BCUT2D eigenvalue weighted by molar-refractivity contribution is 14.2. The Morgan fingerprint density at radius 2 is 2.04 bits per heavy atom. The minimum absolute atomic E-state index is 0.0161. The highest BCUT2D eigenvalue weighted by Crippen LogP contribution is 2.31. The predicted octanol–water partition coefficient (Wildman–Crippen LogP) is 4.07. The van der Waals surface area contributed by atoms with Gasteiger partial charge in [-0.05, 0) is 40.9 Å². The zero-order valence-electron chi connectivity index (χ0n) is 12.0. The molecule has 5 nitrogen and oxygen atoms in total. The number of aromatic amines is 1. The second-order valence-corrected chi connectivity index (χ2v) is 6.58. The molecule has 3 N–H and O–H groups in total. The molecule has 0 aliphatic rings. The molecule has 1 aromatic heterocycles. The summed E-state index contributed by atoms with van der Waals surface area (Å²) < 4.78 is 46.0. The number of aromatic nitrogens is 3. The Morgan fingerprint density at radius 3 is 2.70 bits per heavy atom. The van der Waals surface area contributed by atoms with Crippen LogP contribution >= 0.6 is 28.5 Å². The van der Waals surface area contributed by atoms with Crippen LogP contribution in [-0.4, -0.2) is 21.8 Å². The van der Waals surface area contributed by atoms with Gasteiger partial charge >= 0.3 is 0 Å². The molecule has 0 saturated heterocycles. The first kappa shape index (κ1) is 18.4. The summed E-state index contributed by atoms with van der Waals surface area (Å²) in [6, 6.07) is 2.13. The quantitative estimate of drug-likeness (QED) is 0.271. The van der Waals surface area contributed by atoms with Crippen LogP contribution in [0.4, 0.5) is 19.1 Å². The van der Waals surface area contributed by atoms with E-state index in [0.29, 0.717) is 31.7 Å². The van der Waals surface area contributed by atoms with E-state index in [4.69, 9.17) is 10.3 Å². The summed E-state index contributed by atoms with van der Waals surface area (Å²) in [4.78, 5) is 3.99. The van der Waals surface area contributed by atoms with Gasteiger partial charge in [-0.3, -0.25) is 5.10 Å². The third-order valence-corrected chi connectivity index (χ3v) is 4.58. The Balaban J connectivity index is 2.22. The highest BCUT2D eigenvalue weighted by atomic mass is 127. The molecule has 126 valence electrons. The van der Waals surface area contributed by atoms with Crippen LogP contribution in [0.25, 0.3) is 0 Å². The lowest BCUT2D eigenvalue weighted by Crippen LogP contribution is -2.09. The number of nitrogens with two attached hydrogens (primary N) is 1. The number of nitrogens with zero attached hydrogens (tertiary/aromatic N) is 2. The third kappa shape index (κ3) is 4.77. The summed E-state index contributed by atoms with van der Waals surface area (Å²) in [5, 5.41) is 6.33. The van der Waals surface area contributed by atoms with Crippen LogP contribution in [0.2, 0.25) is 0 Å². The Bertz CT molecular complexity index is 658. The molecule has 0 radical (unpaired) electrons. The molecular weight excluding hydrogens is 443 g/mol. The molecule has 23 heavy (non-hydrogen) atoms. The molecule has 2 rings (SSSR count). The van der Waals surface area contributed by atoms with Gasteiger partial charge in [0, 0.05) is 11.5 Å². The van der Waals surface area contributed by atoms with Crippen LogP contribution in [0.1, 0.15) is 36.6 Å². The first-order chi connectivity index (χ1) is 11.0. The zero-order valence-corrected chi connectivity index (χ0v) is 15.1. The molecule has 2 unspecified atom stereocenters. The first-order valence-corrected chi connectivity index (χ1v) is 10.9. The van der Waals surface area contributed by atoms with Crippen LogP contribution in [0.5, 0.6) is 0 Å². The van der Waals surface area contributed by atoms with Crippen molar-refractivity contribution in [1.29, 1.82) is 0 Å². The number of unbranched alkanes of at least 4 members (excludes halogenated alkanes) is 1. The maximum atomic E-state index is 14.1. The molecule has 0 aliphatic heterocycles. The minimum Gasteiger partial charge on any atom is -0.367 e. The number of nitrogen functional groups attached to an aromatic ring is 1. The molecule has 0 bridgehead atoms. The lowest BCUT2D eigenvalue weighted by atomic mass is 9.92. The lowest BCUT2D eigenvalue weighted by Gasteiger charge is -2.16. The normalized spacial score (nSPS) is 13.0. The number of halogens is 4. The summed E-state index contributed by atoms with van der Waals surface area (Å²) in [5.41, 5.74) is 5.50. The highest BCUT2D eigenvalue weighted by Gasteiger charge is 2.24. The van der Waals surface area contributed by atoms with Crippen molar-refractivity contribution in [3.05, 3.63) is 41.0 Å². The first-order valence-electron chi connectivity index (χ1n) is 6.83. The van der Waals surface area contributed by atoms with Gasteiger partial charge in [-0.2, -0.15) is 4.98 Å². The van der Waals surface area contributed by atoms with Gasteiger partial charge in [0.1, 0.15) is 5.82 Å². The van der Waals surface area contributed by atoms with E-state index in [1.165, 1.54) is 6.07 Å². The van der Waals surface area contributed by atoms with Gasteiger partial charge < -0.3 is 10.3 Å². The van der Waals surface area contributed by atoms with Gasteiger partial charge in [-0.1, -0.05) is 12.5 Å². The Labute approximate surface area is 145 Å². The van der Waals surface area contributed by atoms with E-state index < -0.39 is 23.4 Å². The second kappa shape index (κ2) is 8.79. The SMILES string of the molecule is Nc1n[nH]c(C(CCCCOPI)c2ccc(F)c(F)c2F)n1. The van der Waals surface area contributed by atoms with E-state index in [0.717, 1.165) is 12.5 Å². The van der Waals surface area contributed by atoms with Crippen molar-refractivity contribution in [2.45, 2.75) is 25.2 Å². The summed E-state index contributed by atoms with van der Waals surface area (Å²) in [5.74, 6) is -4.17. The largest absolute Gasteiger partial charge is 0.367 e. The molecule has 0 amide bonds. The molecule has 1 heterocycles. The van der Waals surface area contributed by atoms with Gasteiger partial charge in [0.05, 0.1) is 13.1 Å². The molecule has 10 heteroatoms. The predicted molar refractivity (Wildman–Crippen MR) is 91.1 cm³/mol. The topological polar surface area (TPSA) is 76.8 Å². The van der Waals surface area contributed by atoms with Crippen LogP contribution in [-0.2, 0) is 4.52 Å². The van der Waals surface area contributed by atoms with E-state index in [1.807, 2.05) is 0 Å². The Kier molecular flexibility index (Phi) is 7.04. The fourth-order valence-electron chi connectivity index (χ4n) is 2.25. The number of H-pyrrole nitrogens is 1. The summed E-state index contributed by atoms with van der Waals surface area (Å²) in [7, 11) is 0. The average Bonchev–Trinajstić information content (AvgIpc) is 2.96. The van der Waals surface area contributed by atoms with Gasteiger partial charge in [0.15, 0.2) is 17.5 Å². The Hall–Kier alpha value is -0.930. The molecular formula is C13H15F3IN4OP. The zero-order chi connectivity index (χ0) is 16.8. The molecule has 1 aromatic carbocycles. The van der Waals surface area contributed by atoms with Crippen molar-refractivity contribution < 1.29 is 17.7 Å². The smallest absolute Gasteiger partial charge is 0.239 e. The maximum absolute atomic E-state index is 14.1. The van der Waals surface area contributed by atoms with Crippen LogP contribution in [0, 0.1) is 17.5 Å².